The van der Waals surface area contributed by atoms with Crippen molar-refractivity contribution in [2.24, 2.45) is 0 Å². The average molecular weight is 505 g/mol. The molecule has 0 atom stereocenters. The molecule has 1 N–H and O–H groups in total. The van der Waals surface area contributed by atoms with Crippen molar-refractivity contribution >= 4 is 22.8 Å². The fraction of sp³-hybridized carbons (Fsp3) is 0.800. The molecule has 0 unspecified atom stereocenters. The lowest BCUT2D eigenvalue weighted by Crippen LogP contribution is -2.40. The van der Waals surface area contributed by atoms with E-state index in [4.69, 9.17) is 23.4 Å². The Kier molecular flexibility index (Phi) is 15.0. The van der Waals surface area contributed by atoms with Crippen LogP contribution in [0, 0.1) is 0 Å². The van der Waals surface area contributed by atoms with E-state index in [0.717, 1.165) is 0 Å². The summed E-state index contributed by atoms with van der Waals surface area (Å²) in [7, 11) is -3.29. The standard InChI is InChI=1S/C15H30O4Si.C10H22O2Si/c1-14(2,3)19-13(16)17-11-9-10-12-18-20(7,8)15(4,5)6;1-10(2,3)13(4,5)12-9-7-6-8-11/h9-10H,11-12H2,1-8H3;6-7,11H,8-9H2,1-5H3/b10-9-;7-6-. The van der Waals surface area contributed by atoms with Gasteiger partial charge in [0.15, 0.2) is 16.6 Å². The third-order valence-corrected chi connectivity index (χ3v) is 14.8. The SMILES string of the molecule is CC(C)(C)OC(=O)OC/C=C\CO[Si](C)(C)C(C)(C)C.CC(C)(C)[Si](C)(C)OC/C=C\CO. The molecule has 0 amide bonds. The van der Waals surface area contributed by atoms with Crippen LogP contribution in [0.15, 0.2) is 24.3 Å². The van der Waals surface area contributed by atoms with E-state index in [1.807, 2.05) is 12.2 Å². The molecular formula is C25H52O6Si2. The van der Waals surface area contributed by atoms with Crippen LogP contribution in [-0.4, -0.2) is 59.9 Å². The molecule has 0 saturated heterocycles. The number of hydrogen-bond acceptors (Lipinski definition) is 6. The predicted molar refractivity (Wildman–Crippen MR) is 144 cm³/mol. The van der Waals surface area contributed by atoms with Crippen LogP contribution in [0.4, 0.5) is 4.79 Å². The molecule has 0 radical (unpaired) electrons. The summed E-state index contributed by atoms with van der Waals surface area (Å²) < 4.78 is 21.7. The third-order valence-electron chi connectivity index (χ3n) is 5.82. The monoisotopic (exact) mass is 504 g/mol. The minimum absolute atomic E-state index is 0.0981. The summed E-state index contributed by atoms with van der Waals surface area (Å²) in [6.07, 6.45) is 6.60. The second-order valence-electron chi connectivity index (χ2n) is 12.0. The Balaban J connectivity index is 0. The van der Waals surface area contributed by atoms with Crippen molar-refractivity contribution in [2.45, 2.75) is 104 Å². The molecule has 0 bridgehead atoms. The molecule has 8 heteroatoms. The molecule has 0 aliphatic rings. The number of aliphatic hydroxyl groups is 1. The van der Waals surface area contributed by atoms with Crippen LogP contribution in [0.25, 0.3) is 0 Å². The van der Waals surface area contributed by atoms with Gasteiger partial charge in [-0.1, -0.05) is 59.8 Å². The van der Waals surface area contributed by atoms with Gasteiger partial charge in [-0.25, -0.2) is 4.79 Å². The highest BCUT2D eigenvalue weighted by Crippen LogP contribution is 2.37. The quantitative estimate of drug-likeness (QED) is 0.205. The second kappa shape index (κ2) is 14.5. The van der Waals surface area contributed by atoms with Crippen LogP contribution >= 0.6 is 0 Å². The van der Waals surface area contributed by atoms with Crippen LogP contribution in [0.3, 0.4) is 0 Å². The van der Waals surface area contributed by atoms with E-state index >= 15 is 0 Å². The van der Waals surface area contributed by atoms with Crippen molar-refractivity contribution in [1.82, 2.24) is 0 Å². The molecule has 0 spiro atoms. The summed E-state index contributed by atoms with van der Waals surface area (Å²) in [5, 5.41) is 8.99. The molecule has 0 aromatic heterocycles. The summed E-state index contributed by atoms with van der Waals surface area (Å²) in [6, 6.07) is 0. The maximum Gasteiger partial charge on any atom is 0.509 e. The number of aliphatic hydroxyl groups excluding tert-OH is 1. The van der Waals surface area contributed by atoms with Crippen LogP contribution < -0.4 is 0 Å². The van der Waals surface area contributed by atoms with Gasteiger partial charge in [0.1, 0.15) is 12.2 Å². The van der Waals surface area contributed by atoms with Crippen molar-refractivity contribution in [2.75, 3.05) is 26.4 Å². The maximum absolute atomic E-state index is 11.3. The highest BCUT2D eigenvalue weighted by molar-refractivity contribution is 6.74. The first-order chi connectivity index (χ1) is 14.7. The highest BCUT2D eigenvalue weighted by Gasteiger charge is 2.37. The molecule has 6 nitrogen and oxygen atoms in total. The predicted octanol–water partition coefficient (Wildman–Crippen LogP) is 7.07. The Labute approximate surface area is 206 Å². The van der Waals surface area contributed by atoms with Gasteiger partial charge in [-0.2, -0.15) is 0 Å². The molecule has 0 aliphatic carbocycles. The van der Waals surface area contributed by atoms with Crippen molar-refractivity contribution in [3.05, 3.63) is 24.3 Å². The number of carbonyl (C=O) groups is 1. The molecule has 196 valence electrons. The third kappa shape index (κ3) is 17.2. The largest absolute Gasteiger partial charge is 0.509 e. The zero-order valence-electron chi connectivity index (χ0n) is 23.6. The number of carbonyl (C=O) groups excluding carboxylic acids is 1. The van der Waals surface area contributed by atoms with Gasteiger partial charge in [0.25, 0.3) is 0 Å². The van der Waals surface area contributed by atoms with E-state index in [1.165, 1.54) is 0 Å². The van der Waals surface area contributed by atoms with Crippen LogP contribution in [0.5, 0.6) is 0 Å². The number of ether oxygens (including phenoxy) is 2. The van der Waals surface area contributed by atoms with Gasteiger partial charge in [-0.3, -0.25) is 0 Å². The molecule has 0 fully saturated rings. The fourth-order valence-electron chi connectivity index (χ4n) is 1.62. The molecule has 0 heterocycles. The minimum Gasteiger partial charge on any atom is -0.430 e. The Morgan fingerprint density at radius 1 is 0.697 bits per heavy atom. The van der Waals surface area contributed by atoms with Gasteiger partial charge >= 0.3 is 6.16 Å². The smallest absolute Gasteiger partial charge is 0.430 e. The topological polar surface area (TPSA) is 74.2 Å². The van der Waals surface area contributed by atoms with Gasteiger partial charge in [0.05, 0.1) is 19.8 Å². The lowest BCUT2D eigenvalue weighted by atomic mass is 10.2. The Morgan fingerprint density at radius 3 is 1.39 bits per heavy atom. The van der Waals surface area contributed by atoms with Gasteiger partial charge in [-0.05, 0) is 63.1 Å². The van der Waals surface area contributed by atoms with Crippen molar-refractivity contribution in [3.63, 3.8) is 0 Å². The van der Waals surface area contributed by atoms with Gasteiger partial charge < -0.3 is 23.4 Å². The lowest BCUT2D eigenvalue weighted by Gasteiger charge is -2.35. The van der Waals surface area contributed by atoms with Crippen LogP contribution in [0.2, 0.25) is 36.3 Å². The molecular weight excluding hydrogens is 452 g/mol. The minimum atomic E-state index is -1.70. The van der Waals surface area contributed by atoms with Crippen LogP contribution in [-0.2, 0) is 18.3 Å². The highest BCUT2D eigenvalue weighted by atomic mass is 28.4. The first-order valence-electron chi connectivity index (χ1n) is 11.7. The van der Waals surface area contributed by atoms with E-state index in [-0.39, 0.29) is 23.3 Å². The molecule has 0 aliphatic heterocycles. The molecule has 33 heavy (non-hydrogen) atoms. The van der Waals surface area contributed by atoms with Gasteiger partial charge in [-0.15, -0.1) is 0 Å². The summed E-state index contributed by atoms with van der Waals surface area (Å²) in [5.74, 6) is 0. The second-order valence-corrected chi connectivity index (χ2v) is 21.7. The molecule has 0 aromatic carbocycles. The number of hydrogen-bond donors (Lipinski definition) is 1. The zero-order chi connectivity index (χ0) is 26.6. The first-order valence-corrected chi connectivity index (χ1v) is 17.5. The number of rotatable bonds is 9. The van der Waals surface area contributed by atoms with Gasteiger partial charge in [0, 0.05) is 0 Å². The fourth-order valence-corrected chi connectivity index (χ4v) is 3.51. The normalized spacial score (nSPS) is 13.8. The maximum atomic E-state index is 11.3. The Morgan fingerprint density at radius 2 is 1.06 bits per heavy atom. The van der Waals surface area contributed by atoms with E-state index in [2.05, 4.69) is 67.7 Å². The van der Waals surface area contributed by atoms with Crippen molar-refractivity contribution in [1.29, 1.82) is 0 Å². The summed E-state index contributed by atoms with van der Waals surface area (Å²) in [4.78, 5) is 11.3. The van der Waals surface area contributed by atoms with E-state index in [9.17, 15) is 4.79 Å². The molecule has 0 saturated carbocycles. The van der Waals surface area contributed by atoms with E-state index in [0.29, 0.717) is 13.2 Å². The Hall–Kier alpha value is -0.936. The molecule has 0 rings (SSSR count). The average Bonchev–Trinajstić information content (AvgIpc) is 2.59. The van der Waals surface area contributed by atoms with Crippen LogP contribution in [0.1, 0.15) is 62.3 Å². The zero-order valence-corrected chi connectivity index (χ0v) is 25.6. The first kappa shape index (κ1) is 34.2. The van der Waals surface area contributed by atoms with Gasteiger partial charge in [0.2, 0.25) is 0 Å². The summed E-state index contributed by atoms with van der Waals surface area (Å²) >= 11 is 0. The van der Waals surface area contributed by atoms with E-state index < -0.39 is 28.4 Å². The lowest BCUT2D eigenvalue weighted by molar-refractivity contribution is -0.00246. The molecule has 0 aromatic rings. The Bertz CT molecular complexity index is 606. The van der Waals surface area contributed by atoms with E-state index in [1.54, 1.807) is 32.9 Å². The van der Waals surface area contributed by atoms with Crippen molar-refractivity contribution < 1.29 is 28.2 Å². The van der Waals surface area contributed by atoms with Crippen molar-refractivity contribution in [3.8, 4) is 0 Å². The summed E-state index contributed by atoms with van der Waals surface area (Å²) in [6.45, 7) is 29.0. The summed E-state index contributed by atoms with van der Waals surface area (Å²) in [5.41, 5.74) is -0.522.